The van der Waals surface area contributed by atoms with Gasteiger partial charge in [-0.05, 0) is 129 Å². The van der Waals surface area contributed by atoms with Crippen LogP contribution >= 0.6 is 0 Å². The van der Waals surface area contributed by atoms with Crippen molar-refractivity contribution in [3.63, 3.8) is 0 Å². The topological polar surface area (TPSA) is 40.1 Å². The maximum atomic E-state index is 11.1. The molecule has 40 heavy (non-hydrogen) atoms. The molecule has 0 aliphatic heterocycles. The van der Waals surface area contributed by atoms with E-state index >= 15 is 0 Å². The molecule has 0 atom stereocenters. The van der Waals surface area contributed by atoms with Gasteiger partial charge in [-0.15, -0.1) is 0 Å². The third kappa shape index (κ3) is 6.85. The number of rotatable bonds is 10. The summed E-state index contributed by atoms with van der Waals surface area (Å²) in [6, 6.07) is 29.6. The Morgan fingerprint density at radius 1 is 0.675 bits per heavy atom. The number of hydrogen-bond donors (Lipinski definition) is 0. The average Bonchev–Trinajstić information content (AvgIpc) is 2.97. The first kappa shape index (κ1) is 29.0. The molecule has 3 heteroatoms. The lowest BCUT2D eigenvalue weighted by molar-refractivity contribution is -0.327. The predicted molar refractivity (Wildman–Crippen MR) is 164 cm³/mol. The van der Waals surface area contributed by atoms with Crippen LogP contribution in [0.4, 0.5) is 0 Å². The number of unbranched alkanes of at least 4 members (excludes halogenated alkanes) is 2. The fourth-order valence-corrected chi connectivity index (χ4v) is 9.73. The van der Waals surface area contributed by atoms with Crippen LogP contribution in [0.3, 0.4) is 0 Å². The molecule has 4 fully saturated rings. The van der Waals surface area contributed by atoms with Crippen LogP contribution in [-0.2, 0) is 28.5 Å². The fourth-order valence-electron chi connectivity index (χ4n) is 7.67. The van der Waals surface area contributed by atoms with E-state index in [0.29, 0.717) is 17.8 Å². The SMILES string of the molecule is CCCCc1ccc([S+](c2ccccc2)c2ccc(CCCC)cc2)cc1.O=C([O-])C12CC3CC(CC(C3)C1)C2. The zero-order valence-electron chi connectivity index (χ0n) is 24.4. The Balaban J connectivity index is 0.000000204. The number of carboxylic acids is 1. The highest BCUT2D eigenvalue weighted by Gasteiger charge is 2.51. The van der Waals surface area contributed by atoms with Crippen molar-refractivity contribution in [2.24, 2.45) is 23.2 Å². The van der Waals surface area contributed by atoms with Gasteiger partial charge in [0.15, 0.2) is 14.7 Å². The standard InChI is InChI=1S/C26H31S.C11H16O2/c1-3-5-10-22-14-18-25(19-15-22)27(24-12-8-7-9-13-24)26-20-16-23(17-21-26)11-6-4-2;12-10(13)11-4-7-1-8(5-11)3-9(2-7)6-11/h7-9,12-21H,3-6,10-11H2,1-2H3;7-9H,1-6H2,(H,12,13)/q+1;/p-1. The molecule has 4 bridgehead atoms. The van der Waals surface area contributed by atoms with Gasteiger partial charge in [0, 0.05) is 11.4 Å². The summed E-state index contributed by atoms with van der Waals surface area (Å²) in [4.78, 5) is 15.3. The van der Waals surface area contributed by atoms with E-state index in [-0.39, 0.29) is 10.9 Å². The van der Waals surface area contributed by atoms with Crippen molar-refractivity contribution in [2.75, 3.05) is 0 Å². The molecule has 2 nitrogen and oxygen atoms in total. The maximum absolute atomic E-state index is 11.1. The molecule has 3 aromatic rings. The summed E-state index contributed by atoms with van der Waals surface area (Å²) in [5, 5.41) is 11.1. The van der Waals surface area contributed by atoms with E-state index in [1.165, 1.54) is 83.6 Å². The normalized spacial score (nSPS) is 24.5. The van der Waals surface area contributed by atoms with Crippen LogP contribution in [0.25, 0.3) is 0 Å². The van der Waals surface area contributed by atoms with Crippen LogP contribution < -0.4 is 5.11 Å². The largest absolute Gasteiger partial charge is 0.550 e. The monoisotopic (exact) mass is 554 g/mol. The van der Waals surface area contributed by atoms with Gasteiger partial charge in [-0.25, -0.2) is 0 Å². The zero-order valence-corrected chi connectivity index (χ0v) is 25.3. The summed E-state index contributed by atoms with van der Waals surface area (Å²) >= 11 is 0. The lowest BCUT2D eigenvalue weighted by Crippen LogP contribution is -2.54. The van der Waals surface area contributed by atoms with Crippen LogP contribution in [-0.4, -0.2) is 5.97 Å². The smallest absolute Gasteiger partial charge is 0.166 e. The molecule has 0 aromatic heterocycles. The van der Waals surface area contributed by atoms with Gasteiger partial charge in [0.25, 0.3) is 0 Å². The minimum absolute atomic E-state index is 0.0426. The second-order valence-electron chi connectivity index (χ2n) is 12.6. The molecule has 4 aliphatic rings. The molecular formula is C37H46O2S. The molecule has 3 aromatic carbocycles. The van der Waals surface area contributed by atoms with Crippen LogP contribution in [0.2, 0.25) is 0 Å². The quantitative estimate of drug-likeness (QED) is 0.236. The van der Waals surface area contributed by atoms with Crippen molar-refractivity contribution >= 4 is 16.9 Å². The molecule has 0 radical (unpaired) electrons. The number of carbonyl (C=O) groups is 1. The van der Waals surface area contributed by atoms with E-state index in [1.807, 2.05) is 0 Å². The number of aryl methyl sites for hydroxylation is 2. The number of carboxylic acid groups (broad SMARTS) is 1. The second-order valence-corrected chi connectivity index (χ2v) is 14.6. The summed E-state index contributed by atoms with van der Waals surface area (Å²) < 4.78 is 0. The van der Waals surface area contributed by atoms with Gasteiger partial charge in [-0.2, -0.15) is 0 Å². The number of benzene rings is 3. The Kier molecular flexibility index (Phi) is 9.73. The van der Waals surface area contributed by atoms with Crippen LogP contribution in [0.1, 0.15) is 89.2 Å². The van der Waals surface area contributed by atoms with E-state index in [4.69, 9.17) is 0 Å². The lowest BCUT2D eigenvalue weighted by atomic mass is 9.49. The maximum Gasteiger partial charge on any atom is 0.166 e. The van der Waals surface area contributed by atoms with Gasteiger partial charge in [0.05, 0.1) is 10.9 Å². The lowest BCUT2D eigenvalue weighted by Gasteiger charge is -2.57. The molecule has 4 aliphatic carbocycles. The predicted octanol–water partition coefficient (Wildman–Crippen LogP) is 8.42. The Bertz CT molecular complexity index is 1130. The molecule has 0 unspecified atom stereocenters. The van der Waals surface area contributed by atoms with Crippen LogP contribution in [0.15, 0.2) is 93.5 Å². The highest BCUT2D eigenvalue weighted by Crippen LogP contribution is 2.59. The van der Waals surface area contributed by atoms with Gasteiger partial charge in [0.2, 0.25) is 0 Å². The first-order valence-corrected chi connectivity index (χ1v) is 16.9. The minimum Gasteiger partial charge on any atom is -0.550 e. The Morgan fingerprint density at radius 2 is 1.07 bits per heavy atom. The van der Waals surface area contributed by atoms with E-state index in [2.05, 4.69) is 92.7 Å². The summed E-state index contributed by atoms with van der Waals surface area (Å²) in [6.07, 6.45) is 14.0. The highest BCUT2D eigenvalue weighted by atomic mass is 32.2. The van der Waals surface area contributed by atoms with Crippen LogP contribution in [0.5, 0.6) is 0 Å². The van der Waals surface area contributed by atoms with Gasteiger partial charge >= 0.3 is 0 Å². The van der Waals surface area contributed by atoms with Crippen molar-refractivity contribution in [1.82, 2.24) is 0 Å². The summed E-state index contributed by atoms with van der Waals surface area (Å²) in [5.41, 5.74) is 2.51. The van der Waals surface area contributed by atoms with Gasteiger partial charge in [-0.3, -0.25) is 0 Å². The molecule has 0 N–H and O–H groups in total. The van der Waals surface area contributed by atoms with Gasteiger partial charge < -0.3 is 9.90 Å². The van der Waals surface area contributed by atoms with Crippen molar-refractivity contribution in [1.29, 1.82) is 0 Å². The highest BCUT2D eigenvalue weighted by molar-refractivity contribution is 7.97. The third-order valence-corrected chi connectivity index (χ3v) is 11.6. The molecule has 212 valence electrons. The Hall–Kier alpha value is -2.52. The summed E-state index contributed by atoms with van der Waals surface area (Å²) in [5.74, 6) is 1.38. The molecule has 4 saturated carbocycles. The van der Waals surface area contributed by atoms with Crippen molar-refractivity contribution in [3.05, 3.63) is 90.0 Å². The molecule has 0 spiro atoms. The van der Waals surface area contributed by atoms with E-state index in [0.717, 1.165) is 19.3 Å². The Morgan fingerprint density at radius 3 is 1.45 bits per heavy atom. The molecule has 0 heterocycles. The molecule has 7 rings (SSSR count). The fraction of sp³-hybridized carbons (Fsp3) is 0.486. The van der Waals surface area contributed by atoms with Crippen molar-refractivity contribution < 1.29 is 9.90 Å². The molecule has 0 amide bonds. The van der Waals surface area contributed by atoms with Gasteiger partial charge in [0.1, 0.15) is 0 Å². The zero-order chi connectivity index (χ0) is 28.0. The van der Waals surface area contributed by atoms with Crippen molar-refractivity contribution in [2.45, 2.75) is 106 Å². The van der Waals surface area contributed by atoms with E-state index in [9.17, 15) is 9.90 Å². The first-order chi connectivity index (χ1) is 19.5. The summed E-state index contributed by atoms with van der Waals surface area (Å²) in [7, 11) is -0.0426. The molecule has 0 saturated heterocycles. The Labute approximate surface area is 245 Å². The van der Waals surface area contributed by atoms with Crippen molar-refractivity contribution in [3.8, 4) is 0 Å². The second kappa shape index (κ2) is 13.4. The van der Waals surface area contributed by atoms with Gasteiger partial charge in [-0.1, -0.05) is 69.2 Å². The molecular weight excluding hydrogens is 508 g/mol. The van der Waals surface area contributed by atoms with E-state index in [1.54, 1.807) is 0 Å². The number of hydrogen-bond acceptors (Lipinski definition) is 2. The number of aliphatic carboxylic acids is 1. The average molecular weight is 555 g/mol. The van der Waals surface area contributed by atoms with E-state index < -0.39 is 11.4 Å². The number of carbonyl (C=O) groups excluding carboxylic acids is 1. The van der Waals surface area contributed by atoms with Crippen LogP contribution in [0, 0.1) is 23.2 Å². The minimum atomic E-state index is -0.758. The first-order valence-electron chi connectivity index (χ1n) is 15.7. The third-order valence-electron chi connectivity index (χ3n) is 9.41. The summed E-state index contributed by atoms with van der Waals surface area (Å²) in [6.45, 7) is 4.51.